The van der Waals surface area contributed by atoms with Crippen LogP contribution >= 0.6 is 9.24 Å². The highest BCUT2D eigenvalue weighted by atomic mass is 31.0. The lowest BCUT2D eigenvalue weighted by molar-refractivity contribution is 0.0916. The molecule has 2 heteroatoms. The molecule has 1 rings (SSSR count). The summed E-state index contributed by atoms with van der Waals surface area (Å²) in [4.78, 5) is 12.9. The van der Waals surface area contributed by atoms with E-state index >= 15 is 0 Å². The van der Waals surface area contributed by atoms with Gasteiger partial charge in [0.1, 0.15) is 0 Å². The number of Topliss-reactive ketones (excluding diaryl/α,β-unsaturated/α-hetero) is 1. The first-order chi connectivity index (χ1) is 9.59. The van der Waals surface area contributed by atoms with Gasteiger partial charge in [-0.1, -0.05) is 26.8 Å². The Morgan fingerprint density at radius 1 is 1.14 bits per heavy atom. The predicted octanol–water partition coefficient (Wildman–Crippen LogP) is 5.42. The molecule has 118 valence electrons. The number of aryl methyl sites for hydroxylation is 2. The summed E-state index contributed by atoms with van der Waals surface area (Å²) in [5, 5.41) is 0. The van der Waals surface area contributed by atoms with E-state index in [0.29, 0.717) is 18.1 Å². The lowest BCUT2D eigenvalue weighted by atomic mass is 9.77. The molecule has 0 heterocycles. The molecular weight excluding hydrogens is 275 g/mol. The van der Waals surface area contributed by atoms with Crippen molar-refractivity contribution in [2.45, 2.75) is 61.3 Å². The quantitative estimate of drug-likeness (QED) is 0.506. The van der Waals surface area contributed by atoms with Crippen LogP contribution < -0.4 is 0 Å². The maximum Gasteiger partial charge on any atom is 0.163 e. The van der Waals surface area contributed by atoms with Gasteiger partial charge in [-0.3, -0.25) is 4.79 Å². The van der Waals surface area contributed by atoms with Crippen molar-refractivity contribution in [2.24, 2.45) is 11.3 Å². The van der Waals surface area contributed by atoms with Crippen molar-refractivity contribution in [2.75, 3.05) is 6.16 Å². The van der Waals surface area contributed by atoms with Crippen LogP contribution in [0.15, 0.2) is 6.07 Å². The Labute approximate surface area is 133 Å². The first kappa shape index (κ1) is 18.4. The van der Waals surface area contributed by atoms with Crippen LogP contribution in [-0.4, -0.2) is 11.9 Å². The summed E-state index contributed by atoms with van der Waals surface area (Å²) in [6, 6.07) is 2.18. The standard InChI is InChI=1S/C19H31OP/c1-12(11-21)9-19(6,7)10-17(20)18-15(4)13(2)8-14(3)16(18)5/h8,12H,9-11,21H2,1-7H3. The average molecular weight is 306 g/mol. The SMILES string of the molecule is Cc1cc(C)c(C)c(C(=O)CC(C)(C)CC(C)CP)c1C. The van der Waals surface area contributed by atoms with Gasteiger partial charge in [0.25, 0.3) is 0 Å². The fourth-order valence-electron chi connectivity index (χ4n) is 3.26. The van der Waals surface area contributed by atoms with Crippen LogP contribution in [0.4, 0.5) is 0 Å². The molecule has 0 bridgehead atoms. The highest BCUT2D eigenvalue weighted by Crippen LogP contribution is 2.33. The van der Waals surface area contributed by atoms with Crippen molar-refractivity contribution in [3.8, 4) is 0 Å². The minimum Gasteiger partial charge on any atom is -0.294 e. The monoisotopic (exact) mass is 306 g/mol. The molecule has 1 aromatic rings. The van der Waals surface area contributed by atoms with Gasteiger partial charge in [0.05, 0.1) is 0 Å². The summed E-state index contributed by atoms with van der Waals surface area (Å²) in [5.41, 5.74) is 5.76. The topological polar surface area (TPSA) is 17.1 Å². The second-order valence-electron chi connectivity index (χ2n) is 7.44. The molecule has 0 aromatic heterocycles. The van der Waals surface area contributed by atoms with Crippen LogP contribution in [0, 0.1) is 39.0 Å². The third-order valence-corrected chi connectivity index (χ3v) is 5.39. The van der Waals surface area contributed by atoms with Crippen molar-refractivity contribution >= 4 is 15.0 Å². The van der Waals surface area contributed by atoms with Crippen LogP contribution in [-0.2, 0) is 0 Å². The van der Waals surface area contributed by atoms with Gasteiger partial charge in [-0.05, 0) is 73.9 Å². The molecule has 2 unspecified atom stereocenters. The lowest BCUT2D eigenvalue weighted by Crippen LogP contribution is -2.22. The third-order valence-electron chi connectivity index (χ3n) is 4.59. The highest BCUT2D eigenvalue weighted by Gasteiger charge is 2.26. The molecule has 1 aromatic carbocycles. The number of benzene rings is 1. The normalized spacial score (nSPS) is 13.3. The average Bonchev–Trinajstić information content (AvgIpc) is 2.35. The Balaban J connectivity index is 3.05. The minimum atomic E-state index is 0.0591. The fourth-order valence-corrected chi connectivity index (χ4v) is 3.42. The molecule has 0 radical (unpaired) electrons. The molecule has 2 atom stereocenters. The maximum absolute atomic E-state index is 12.9. The Morgan fingerprint density at radius 3 is 2.05 bits per heavy atom. The summed E-state index contributed by atoms with van der Waals surface area (Å²) >= 11 is 0. The van der Waals surface area contributed by atoms with Crippen LogP contribution in [0.25, 0.3) is 0 Å². The van der Waals surface area contributed by atoms with Crippen molar-refractivity contribution in [3.63, 3.8) is 0 Å². The summed E-state index contributed by atoms with van der Waals surface area (Å²) in [5.74, 6) is 0.942. The Kier molecular flexibility index (Phi) is 6.17. The Bertz CT molecular complexity index is 503. The van der Waals surface area contributed by atoms with Gasteiger partial charge in [-0.15, -0.1) is 9.24 Å². The molecule has 0 aliphatic rings. The zero-order valence-corrected chi connectivity index (χ0v) is 15.9. The van der Waals surface area contributed by atoms with Crippen LogP contribution in [0.3, 0.4) is 0 Å². The predicted molar refractivity (Wildman–Crippen MR) is 96.5 cm³/mol. The van der Waals surface area contributed by atoms with Crippen molar-refractivity contribution in [1.29, 1.82) is 0 Å². The molecule has 0 saturated heterocycles. The molecular formula is C19H31OP. The smallest absolute Gasteiger partial charge is 0.163 e. The van der Waals surface area contributed by atoms with Crippen molar-refractivity contribution in [3.05, 3.63) is 33.9 Å². The Hall–Kier alpha value is -0.680. The van der Waals surface area contributed by atoms with Gasteiger partial charge < -0.3 is 0 Å². The highest BCUT2D eigenvalue weighted by molar-refractivity contribution is 7.16. The van der Waals surface area contributed by atoms with E-state index in [-0.39, 0.29) is 5.41 Å². The molecule has 0 saturated carbocycles. The van der Waals surface area contributed by atoms with E-state index in [1.165, 1.54) is 11.1 Å². The van der Waals surface area contributed by atoms with E-state index in [0.717, 1.165) is 29.3 Å². The molecule has 0 spiro atoms. The van der Waals surface area contributed by atoms with E-state index in [2.05, 4.69) is 63.8 Å². The molecule has 0 aliphatic carbocycles. The van der Waals surface area contributed by atoms with E-state index < -0.39 is 0 Å². The second-order valence-corrected chi connectivity index (χ2v) is 7.92. The number of hydrogen-bond acceptors (Lipinski definition) is 1. The summed E-state index contributed by atoms with van der Waals surface area (Å²) in [6.45, 7) is 15.0. The van der Waals surface area contributed by atoms with E-state index in [4.69, 9.17) is 0 Å². The molecule has 0 fully saturated rings. The van der Waals surface area contributed by atoms with Gasteiger partial charge >= 0.3 is 0 Å². The molecule has 21 heavy (non-hydrogen) atoms. The number of rotatable bonds is 6. The van der Waals surface area contributed by atoms with E-state index in [1.807, 2.05) is 0 Å². The largest absolute Gasteiger partial charge is 0.294 e. The Morgan fingerprint density at radius 2 is 1.62 bits per heavy atom. The van der Waals surface area contributed by atoms with Gasteiger partial charge in [0.2, 0.25) is 0 Å². The second kappa shape index (κ2) is 7.05. The third kappa shape index (κ3) is 4.65. The van der Waals surface area contributed by atoms with Crippen LogP contribution in [0.5, 0.6) is 0 Å². The maximum atomic E-state index is 12.9. The van der Waals surface area contributed by atoms with Crippen molar-refractivity contribution in [1.82, 2.24) is 0 Å². The van der Waals surface area contributed by atoms with Gasteiger partial charge in [0, 0.05) is 12.0 Å². The summed E-state index contributed by atoms with van der Waals surface area (Å²) < 4.78 is 0. The van der Waals surface area contributed by atoms with Gasteiger partial charge in [0.15, 0.2) is 5.78 Å². The number of ketones is 1. The lowest BCUT2D eigenvalue weighted by Gasteiger charge is -2.28. The fraction of sp³-hybridized carbons (Fsp3) is 0.632. The van der Waals surface area contributed by atoms with E-state index in [1.54, 1.807) is 0 Å². The van der Waals surface area contributed by atoms with Gasteiger partial charge in [-0.25, -0.2) is 0 Å². The number of carbonyl (C=O) groups excluding carboxylic acids is 1. The molecule has 0 aliphatic heterocycles. The first-order valence-corrected chi connectivity index (χ1v) is 8.71. The van der Waals surface area contributed by atoms with Crippen LogP contribution in [0.1, 0.15) is 66.2 Å². The minimum absolute atomic E-state index is 0.0591. The molecule has 1 nitrogen and oxygen atoms in total. The van der Waals surface area contributed by atoms with Gasteiger partial charge in [-0.2, -0.15) is 0 Å². The molecule has 0 N–H and O–H groups in total. The zero-order valence-electron chi connectivity index (χ0n) is 14.8. The zero-order chi connectivity index (χ0) is 16.4. The van der Waals surface area contributed by atoms with Crippen molar-refractivity contribution < 1.29 is 4.79 Å². The number of hydrogen-bond donors (Lipinski definition) is 0. The summed E-state index contributed by atoms with van der Waals surface area (Å²) in [6.07, 6.45) is 2.82. The van der Waals surface area contributed by atoms with Crippen LogP contribution in [0.2, 0.25) is 0 Å². The number of carbonyl (C=O) groups is 1. The summed E-state index contributed by atoms with van der Waals surface area (Å²) in [7, 11) is 2.81. The van der Waals surface area contributed by atoms with E-state index in [9.17, 15) is 4.79 Å². The first-order valence-electron chi connectivity index (χ1n) is 7.89. The molecule has 0 amide bonds.